The first-order valence-corrected chi connectivity index (χ1v) is 7.06. The number of thiazole rings is 1. The van der Waals surface area contributed by atoms with Crippen molar-refractivity contribution in [1.29, 1.82) is 0 Å². The van der Waals surface area contributed by atoms with Crippen LogP contribution in [0.15, 0.2) is 29.6 Å². The number of hydrogen-bond acceptors (Lipinski definition) is 5. The number of ether oxygens (including phenoxy) is 1. The molecule has 0 unspecified atom stereocenters. The number of esters is 1. The Bertz CT molecular complexity index is 674. The highest BCUT2D eigenvalue weighted by Gasteiger charge is 2.03. The van der Waals surface area contributed by atoms with E-state index in [1.807, 2.05) is 29.7 Å². The van der Waals surface area contributed by atoms with E-state index in [1.54, 1.807) is 12.1 Å². The first kappa shape index (κ1) is 14.9. The van der Waals surface area contributed by atoms with Gasteiger partial charge in [-0.25, -0.2) is 9.78 Å². The van der Waals surface area contributed by atoms with Crippen molar-refractivity contribution in [3.05, 3.63) is 46.5 Å². The Hall–Kier alpha value is -2.47. The molecule has 0 spiro atoms. The number of hydrogen-bond donors (Lipinski definition) is 1. The lowest BCUT2D eigenvalue weighted by Gasteiger charge is -1.99. The number of aromatic nitrogens is 1. The molecule has 1 aromatic carbocycles. The molecule has 1 amide bonds. The second-order valence-corrected chi connectivity index (χ2v) is 5.06. The smallest absolute Gasteiger partial charge is 0.337 e. The largest absolute Gasteiger partial charge is 0.465 e. The van der Waals surface area contributed by atoms with Crippen LogP contribution in [0.4, 0.5) is 5.13 Å². The molecule has 0 bridgehead atoms. The van der Waals surface area contributed by atoms with Crippen LogP contribution in [-0.2, 0) is 9.53 Å². The highest BCUT2D eigenvalue weighted by atomic mass is 32.1. The lowest BCUT2D eigenvalue weighted by Crippen LogP contribution is -2.04. The summed E-state index contributed by atoms with van der Waals surface area (Å²) in [5, 5.41) is 5.06. The maximum Gasteiger partial charge on any atom is 0.337 e. The van der Waals surface area contributed by atoms with Gasteiger partial charge >= 0.3 is 5.97 Å². The van der Waals surface area contributed by atoms with Crippen LogP contribution in [0.1, 0.15) is 28.5 Å². The number of methoxy groups -OCH3 is 1. The lowest BCUT2D eigenvalue weighted by atomic mass is 10.1. The normalized spacial score (nSPS) is 10.6. The summed E-state index contributed by atoms with van der Waals surface area (Å²) in [6, 6.07) is 7.05. The van der Waals surface area contributed by atoms with E-state index in [0.29, 0.717) is 10.7 Å². The molecule has 1 N–H and O–H groups in total. The second kappa shape index (κ2) is 6.81. The quantitative estimate of drug-likeness (QED) is 0.881. The molecule has 1 aromatic heterocycles. The first-order valence-electron chi connectivity index (χ1n) is 6.18. The van der Waals surface area contributed by atoms with Gasteiger partial charge in [-0.3, -0.25) is 4.79 Å². The van der Waals surface area contributed by atoms with Gasteiger partial charge in [-0.15, -0.1) is 11.3 Å². The number of rotatable bonds is 4. The summed E-state index contributed by atoms with van der Waals surface area (Å²) in [5.41, 5.74) is 2.22. The van der Waals surface area contributed by atoms with Gasteiger partial charge in [0.1, 0.15) is 0 Å². The van der Waals surface area contributed by atoms with Gasteiger partial charge in [0, 0.05) is 12.3 Å². The molecule has 0 saturated heterocycles. The Morgan fingerprint density at radius 1 is 1.24 bits per heavy atom. The highest BCUT2D eigenvalue weighted by Crippen LogP contribution is 2.17. The molecule has 0 atom stereocenters. The van der Waals surface area contributed by atoms with Crippen LogP contribution < -0.4 is 5.32 Å². The Morgan fingerprint density at radius 2 is 1.95 bits per heavy atom. The van der Waals surface area contributed by atoms with Crippen LogP contribution in [0.5, 0.6) is 0 Å². The zero-order valence-electron chi connectivity index (χ0n) is 11.6. The Labute approximate surface area is 126 Å². The fraction of sp³-hybridized carbons (Fsp3) is 0.133. The topological polar surface area (TPSA) is 68.3 Å². The average molecular weight is 302 g/mol. The van der Waals surface area contributed by atoms with Gasteiger partial charge < -0.3 is 10.1 Å². The van der Waals surface area contributed by atoms with E-state index in [2.05, 4.69) is 15.0 Å². The van der Waals surface area contributed by atoms with Gasteiger partial charge in [0.05, 0.1) is 18.4 Å². The number of carbonyl (C=O) groups excluding carboxylic acids is 2. The van der Waals surface area contributed by atoms with E-state index in [4.69, 9.17) is 0 Å². The lowest BCUT2D eigenvalue weighted by molar-refractivity contribution is -0.114. The van der Waals surface area contributed by atoms with Crippen LogP contribution in [0.2, 0.25) is 0 Å². The van der Waals surface area contributed by atoms with E-state index in [9.17, 15) is 9.59 Å². The molecule has 0 aliphatic carbocycles. The van der Waals surface area contributed by atoms with Crippen LogP contribution in [0, 0.1) is 0 Å². The van der Waals surface area contributed by atoms with Crippen LogP contribution in [0.25, 0.3) is 12.2 Å². The average Bonchev–Trinajstić information content (AvgIpc) is 2.91. The van der Waals surface area contributed by atoms with Crippen molar-refractivity contribution in [2.24, 2.45) is 0 Å². The molecule has 2 rings (SSSR count). The van der Waals surface area contributed by atoms with Gasteiger partial charge in [0.25, 0.3) is 0 Å². The van der Waals surface area contributed by atoms with Gasteiger partial charge in [-0.05, 0) is 23.8 Å². The highest BCUT2D eigenvalue weighted by molar-refractivity contribution is 7.14. The zero-order valence-corrected chi connectivity index (χ0v) is 12.4. The molecule has 0 aliphatic rings. The maximum absolute atomic E-state index is 11.3. The molecular weight excluding hydrogens is 288 g/mol. The van der Waals surface area contributed by atoms with Crippen LogP contribution >= 0.6 is 11.3 Å². The molecule has 5 nitrogen and oxygen atoms in total. The van der Waals surface area contributed by atoms with Crippen molar-refractivity contribution in [1.82, 2.24) is 4.98 Å². The maximum atomic E-state index is 11.3. The number of amides is 1. The minimum absolute atomic E-state index is 0.140. The van der Waals surface area contributed by atoms with E-state index in [-0.39, 0.29) is 11.9 Å². The third-order valence-corrected chi connectivity index (χ3v) is 3.36. The molecule has 6 heteroatoms. The SMILES string of the molecule is COC(=O)c1ccc(/C=C/c2csc(NC(C)=O)n2)cc1. The van der Waals surface area contributed by atoms with Crippen molar-refractivity contribution < 1.29 is 14.3 Å². The summed E-state index contributed by atoms with van der Waals surface area (Å²) < 4.78 is 4.64. The number of carbonyl (C=O) groups is 2. The molecular formula is C15H14N2O3S. The molecule has 0 aliphatic heterocycles. The molecule has 1 heterocycles. The van der Waals surface area contributed by atoms with Crippen molar-refractivity contribution in [3.8, 4) is 0 Å². The summed E-state index contributed by atoms with van der Waals surface area (Å²) >= 11 is 1.37. The summed E-state index contributed by atoms with van der Waals surface area (Å²) in [4.78, 5) is 26.5. The fourth-order valence-electron chi connectivity index (χ4n) is 1.60. The van der Waals surface area contributed by atoms with Crippen LogP contribution in [-0.4, -0.2) is 24.0 Å². The minimum atomic E-state index is -0.357. The van der Waals surface area contributed by atoms with Crippen LogP contribution in [0.3, 0.4) is 0 Å². The Balaban J connectivity index is 2.05. The summed E-state index contributed by atoms with van der Waals surface area (Å²) in [7, 11) is 1.35. The van der Waals surface area contributed by atoms with E-state index in [1.165, 1.54) is 25.4 Å². The monoisotopic (exact) mass is 302 g/mol. The van der Waals surface area contributed by atoms with E-state index >= 15 is 0 Å². The fourth-order valence-corrected chi connectivity index (χ4v) is 2.32. The van der Waals surface area contributed by atoms with Crippen molar-refractivity contribution in [2.75, 3.05) is 12.4 Å². The summed E-state index contributed by atoms with van der Waals surface area (Å²) in [6.45, 7) is 1.44. The predicted octanol–water partition coefficient (Wildman–Crippen LogP) is 3.06. The van der Waals surface area contributed by atoms with E-state index in [0.717, 1.165) is 11.3 Å². The molecule has 0 radical (unpaired) electrons. The molecule has 21 heavy (non-hydrogen) atoms. The number of nitrogens with one attached hydrogen (secondary N) is 1. The standard InChI is InChI=1S/C15H14N2O3S/c1-10(18)16-15-17-13(9-21-15)8-5-11-3-6-12(7-4-11)14(19)20-2/h3-9H,1-2H3,(H,16,17,18)/b8-5+. The number of benzene rings is 1. The molecule has 0 fully saturated rings. The third kappa shape index (κ3) is 4.25. The van der Waals surface area contributed by atoms with E-state index < -0.39 is 0 Å². The zero-order chi connectivity index (χ0) is 15.2. The van der Waals surface area contributed by atoms with Gasteiger partial charge in [0.2, 0.25) is 5.91 Å². The molecule has 2 aromatic rings. The van der Waals surface area contributed by atoms with Gasteiger partial charge in [-0.2, -0.15) is 0 Å². The van der Waals surface area contributed by atoms with Crippen molar-refractivity contribution in [3.63, 3.8) is 0 Å². The second-order valence-electron chi connectivity index (χ2n) is 4.21. The van der Waals surface area contributed by atoms with Crippen molar-refractivity contribution in [2.45, 2.75) is 6.92 Å². The first-order chi connectivity index (χ1) is 10.1. The van der Waals surface area contributed by atoms with Gasteiger partial charge in [-0.1, -0.05) is 18.2 Å². The van der Waals surface area contributed by atoms with Crippen molar-refractivity contribution >= 4 is 40.5 Å². The number of anilines is 1. The summed E-state index contributed by atoms with van der Waals surface area (Å²) in [6.07, 6.45) is 3.72. The van der Waals surface area contributed by atoms with Gasteiger partial charge in [0.15, 0.2) is 5.13 Å². The third-order valence-electron chi connectivity index (χ3n) is 2.58. The minimum Gasteiger partial charge on any atom is -0.465 e. The Morgan fingerprint density at radius 3 is 2.57 bits per heavy atom. The predicted molar refractivity (Wildman–Crippen MR) is 83.1 cm³/mol. The molecule has 0 saturated carbocycles. The Kier molecular flexibility index (Phi) is 4.84. The summed E-state index contributed by atoms with van der Waals surface area (Å²) in [5.74, 6) is -0.497. The number of nitrogens with zero attached hydrogens (tertiary/aromatic N) is 1. The molecule has 108 valence electrons.